The largest absolute Gasteiger partial charge is 0.437 e. The number of fused-ring (bicyclic) bond motifs is 1. The zero-order valence-electron chi connectivity index (χ0n) is 10.4. The summed E-state index contributed by atoms with van der Waals surface area (Å²) in [6.45, 7) is 4.05. The van der Waals surface area contributed by atoms with E-state index >= 15 is 0 Å². The fourth-order valence-corrected chi connectivity index (χ4v) is 2.13. The molecule has 0 atom stereocenters. The van der Waals surface area contributed by atoms with Gasteiger partial charge in [-0.2, -0.15) is 4.98 Å². The molecule has 0 aliphatic rings. The Morgan fingerprint density at radius 2 is 1.84 bits per heavy atom. The van der Waals surface area contributed by atoms with Crippen molar-refractivity contribution in [3.63, 3.8) is 0 Å². The average Bonchev–Trinajstić information content (AvgIpc) is 2.85. The third-order valence-corrected chi connectivity index (χ3v) is 4.06. The summed E-state index contributed by atoms with van der Waals surface area (Å²) in [7, 11) is 0. The van der Waals surface area contributed by atoms with Gasteiger partial charge in [0.1, 0.15) is 17.6 Å². The smallest absolute Gasteiger partial charge is 0.248 e. The van der Waals surface area contributed by atoms with Crippen LogP contribution in [0.1, 0.15) is 11.1 Å². The zero-order chi connectivity index (χ0) is 13.4. The molecule has 0 aliphatic carbocycles. The Hall–Kier alpha value is -1.95. The number of benzene rings is 1. The number of aromatic nitrogens is 4. The fourth-order valence-electron chi connectivity index (χ4n) is 1.90. The maximum atomic E-state index is 5.82. The minimum atomic E-state index is 0.476. The lowest BCUT2D eigenvalue weighted by Gasteiger charge is -2.09. The van der Waals surface area contributed by atoms with E-state index in [1.165, 1.54) is 6.33 Å². The van der Waals surface area contributed by atoms with Crippen molar-refractivity contribution in [1.29, 1.82) is 0 Å². The molecule has 19 heavy (non-hydrogen) atoms. The molecule has 3 rings (SSSR count). The normalized spacial score (nSPS) is 10.9. The van der Waals surface area contributed by atoms with Gasteiger partial charge >= 0.3 is 0 Å². The summed E-state index contributed by atoms with van der Waals surface area (Å²) in [6, 6.07) is 3.92. The van der Waals surface area contributed by atoms with E-state index in [1.54, 1.807) is 6.33 Å². The lowest BCUT2D eigenvalue weighted by atomic mass is 10.1. The molecule has 0 saturated carbocycles. The van der Waals surface area contributed by atoms with Crippen molar-refractivity contribution in [3.05, 3.63) is 40.4 Å². The first-order chi connectivity index (χ1) is 9.15. The van der Waals surface area contributed by atoms with Crippen LogP contribution >= 0.6 is 15.9 Å². The zero-order valence-corrected chi connectivity index (χ0v) is 12.0. The lowest BCUT2D eigenvalue weighted by molar-refractivity contribution is 0.466. The molecule has 0 amide bonds. The molecule has 0 aliphatic heterocycles. The second kappa shape index (κ2) is 4.62. The summed E-state index contributed by atoms with van der Waals surface area (Å²) < 4.78 is 6.92. The molecule has 3 aromatic rings. The first kappa shape index (κ1) is 12.1. The Labute approximate surface area is 118 Å². The predicted molar refractivity (Wildman–Crippen MR) is 75.4 cm³/mol. The van der Waals surface area contributed by atoms with E-state index in [9.17, 15) is 0 Å². The molecular formula is C13H11BrN4O. The second-order valence-electron chi connectivity index (χ2n) is 4.25. The van der Waals surface area contributed by atoms with Crippen molar-refractivity contribution in [3.8, 4) is 11.6 Å². The van der Waals surface area contributed by atoms with Crippen LogP contribution in [-0.4, -0.2) is 19.9 Å². The molecule has 1 aromatic carbocycles. The molecule has 0 spiro atoms. The van der Waals surface area contributed by atoms with Gasteiger partial charge in [0.25, 0.3) is 0 Å². The summed E-state index contributed by atoms with van der Waals surface area (Å²) in [5.74, 6) is 1.22. The SMILES string of the molecule is Cc1cc(Oc2ncnc3nc[nH]c23)cc(C)c1Br. The van der Waals surface area contributed by atoms with Crippen molar-refractivity contribution in [2.24, 2.45) is 0 Å². The van der Waals surface area contributed by atoms with Gasteiger partial charge in [-0.1, -0.05) is 15.9 Å². The molecule has 1 N–H and O–H groups in total. The highest BCUT2D eigenvalue weighted by molar-refractivity contribution is 9.10. The average molecular weight is 319 g/mol. The third kappa shape index (κ3) is 2.19. The molecule has 2 heterocycles. The first-order valence-corrected chi connectivity index (χ1v) is 6.53. The number of ether oxygens (including phenoxy) is 1. The number of hydrogen-bond acceptors (Lipinski definition) is 4. The number of hydrogen-bond donors (Lipinski definition) is 1. The summed E-state index contributed by atoms with van der Waals surface area (Å²) in [5.41, 5.74) is 3.52. The molecule has 2 aromatic heterocycles. The van der Waals surface area contributed by atoms with E-state index in [-0.39, 0.29) is 0 Å². The molecule has 96 valence electrons. The van der Waals surface area contributed by atoms with Gasteiger partial charge in [0.15, 0.2) is 5.65 Å². The number of imidazole rings is 1. The fraction of sp³-hybridized carbons (Fsp3) is 0.154. The van der Waals surface area contributed by atoms with Crippen LogP contribution in [-0.2, 0) is 0 Å². The van der Waals surface area contributed by atoms with Gasteiger partial charge in [-0.15, -0.1) is 0 Å². The molecule has 0 saturated heterocycles. The number of halogens is 1. The molecule has 0 unspecified atom stereocenters. The van der Waals surface area contributed by atoms with Crippen LogP contribution in [0.2, 0.25) is 0 Å². The minimum absolute atomic E-state index is 0.476. The van der Waals surface area contributed by atoms with E-state index in [1.807, 2.05) is 26.0 Å². The van der Waals surface area contributed by atoms with Gasteiger partial charge in [-0.25, -0.2) is 9.97 Å². The Kier molecular flexibility index (Phi) is 2.94. The maximum Gasteiger partial charge on any atom is 0.248 e. The number of nitrogens with zero attached hydrogens (tertiary/aromatic N) is 3. The van der Waals surface area contributed by atoms with Crippen LogP contribution < -0.4 is 4.74 Å². The number of aromatic amines is 1. The van der Waals surface area contributed by atoms with Gasteiger partial charge < -0.3 is 9.72 Å². The van der Waals surface area contributed by atoms with Crippen LogP contribution in [0.4, 0.5) is 0 Å². The van der Waals surface area contributed by atoms with Crippen molar-refractivity contribution < 1.29 is 4.74 Å². The second-order valence-corrected chi connectivity index (χ2v) is 5.05. The summed E-state index contributed by atoms with van der Waals surface area (Å²) in [6.07, 6.45) is 3.02. The highest BCUT2D eigenvalue weighted by Crippen LogP contribution is 2.30. The monoisotopic (exact) mass is 318 g/mol. The molecular weight excluding hydrogens is 308 g/mol. The summed E-state index contributed by atoms with van der Waals surface area (Å²) in [4.78, 5) is 15.2. The molecule has 6 heteroatoms. The summed E-state index contributed by atoms with van der Waals surface area (Å²) in [5, 5.41) is 0. The Balaban J connectivity index is 2.04. The quantitative estimate of drug-likeness (QED) is 0.785. The molecule has 0 bridgehead atoms. The standard InChI is InChI=1S/C13H11BrN4O/c1-7-3-9(4-8(2)10(7)14)19-13-11-12(16-5-15-11)17-6-18-13/h3-6H,1-2H3,(H,15,16,17,18). The highest BCUT2D eigenvalue weighted by Gasteiger charge is 2.09. The Morgan fingerprint density at radius 3 is 2.58 bits per heavy atom. The Bertz CT molecular complexity index is 730. The summed E-state index contributed by atoms with van der Waals surface area (Å²) >= 11 is 3.53. The molecule has 5 nitrogen and oxygen atoms in total. The van der Waals surface area contributed by atoms with Gasteiger partial charge in [0, 0.05) is 4.47 Å². The van der Waals surface area contributed by atoms with Crippen LogP contribution in [0.3, 0.4) is 0 Å². The van der Waals surface area contributed by atoms with Crippen LogP contribution in [0, 0.1) is 13.8 Å². The number of aryl methyl sites for hydroxylation is 2. The number of rotatable bonds is 2. The number of H-pyrrole nitrogens is 1. The van der Waals surface area contributed by atoms with Crippen molar-refractivity contribution in [2.75, 3.05) is 0 Å². The first-order valence-electron chi connectivity index (χ1n) is 5.74. The van der Waals surface area contributed by atoms with Crippen molar-refractivity contribution >= 4 is 27.1 Å². The molecule has 0 radical (unpaired) electrons. The van der Waals surface area contributed by atoms with Gasteiger partial charge in [-0.05, 0) is 37.1 Å². The van der Waals surface area contributed by atoms with E-state index in [0.717, 1.165) is 21.3 Å². The Morgan fingerprint density at radius 1 is 1.11 bits per heavy atom. The number of nitrogens with one attached hydrogen (secondary N) is 1. The van der Waals surface area contributed by atoms with Crippen LogP contribution in [0.5, 0.6) is 11.6 Å². The molecule has 0 fully saturated rings. The highest BCUT2D eigenvalue weighted by atomic mass is 79.9. The van der Waals surface area contributed by atoms with E-state index in [0.29, 0.717) is 17.0 Å². The minimum Gasteiger partial charge on any atom is -0.437 e. The predicted octanol–water partition coefficient (Wildman–Crippen LogP) is 3.52. The van der Waals surface area contributed by atoms with Gasteiger partial charge in [0.05, 0.1) is 6.33 Å². The van der Waals surface area contributed by atoms with Gasteiger partial charge in [0.2, 0.25) is 5.88 Å². The third-order valence-electron chi connectivity index (χ3n) is 2.81. The topological polar surface area (TPSA) is 63.7 Å². The van der Waals surface area contributed by atoms with Crippen LogP contribution in [0.25, 0.3) is 11.2 Å². The van der Waals surface area contributed by atoms with Crippen LogP contribution in [0.15, 0.2) is 29.3 Å². The lowest BCUT2D eigenvalue weighted by Crippen LogP contribution is -1.92. The van der Waals surface area contributed by atoms with E-state index < -0.39 is 0 Å². The van der Waals surface area contributed by atoms with Crippen molar-refractivity contribution in [2.45, 2.75) is 13.8 Å². The van der Waals surface area contributed by atoms with E-state index in [4.69, 9.17) is 4.74 Å². The maximum absolute atomic E-state index is 5.82. The van der Waals surface area contributed by atoms with E-state index in [2.05, 4.69) is 35.9 Å². The van der Waals surface area contributed by atoms with Crippen molar-refractivity contribution in [1.82, 2.24) is 19.9 Å². The van der Waals surface area contributed by atoms with Gasteiger partial charge in [-0.3, -0.25) is 0 Å².